The van der Waals surface area contributed by atoms with Crippen LogP contribution < -0.4 is 10.5 Å². The molecule has 4 saturated heterocycles. The third kappa shape index (κ3) is 3.89. The molecule has 13 heteroatoms. The molecule has 2 bridgehead atoms. The first-order valence-electron chi connectivity index (χ1n) is 12.7. The topological polar surface area (TPSA) is 170 Å². The summed E-state index contributed by atoms with van der Waals surface area (Å²) in [7, 11) is 0. The molecule has 13 nitrogen and oxygen atoms in total. The van der Waals surface area contributed by atoms with Crippen LogP contribution in [-0.2, 0) is 23.8 Å². The zero-order valence-corrected chi connectivity index (χ0v) is 21.7. The van der Waals surface area contributed by atoms with E-state index in [1.54, 1.807) is 47.9 Å². The number of nitrogens with one attached hydrogen (secondary N) is 2. The summed E-state index contributed by atoms with van der Waals surface area (Å²) in [6.07, 6.45) is -2.35. The second kappa shape index (κ2) is 8.76. The number of piperazine rings is 1. The van der Waals surface area contributed by atoms with Crippen LogP contribution >= 0.6 is 0 Å². The number of hydrogen-bond donors (Lipinski definition) is 4. The lowest BCUT2D eigenvalue weighted by Crippen LogP contribution is -2.99. The maximum atomic E-state index is 13.7. The number of amides is 2. The maximum absolute atomic E-state index is 13.7. The maximum Gasteiger partial charge on any atom is 0.260 e. The van der Waals surface area contributed by atoms with Gasteiger partial charge in [0, 0.05) is 24.3 Å². The van der Waals surface area contributed by atoms with Gasteiger partial charge >= 0.3 is 0 Å². The van der Waals surface area contributed by atoms with E-state index in [0.717, 1.165) is 0 Å². The monoisotopic (exact) mass is 542 g/mol. The third-order valence-electron chi connectivity index (χ3n) is 8.38. The van der Waals surface area contributed by atoms with Crippen molar-refractivity contribution in [2.75, 3.05) is 0 Å². The standard InChI is InChI=1S/C26H30N4O9/c1-13-21-28(24(32)26(4)20(39-26)16-7-11-18(12-8-16)30(35)36)14(2)22(37-21)27(13)23(31)25(3)19(38-25)15-5-9-17(10-6-15)29(33)34/h5-14,19-22,29-30,33,35H,1-4H3. The lowest BCUT2D eigenvalue weighted by atomic mass is 9.95. The summed E-state index contributed by atoms with van der Waals surface area (Å²) in [4.78, 5) is 30.7. The minimum Gasteiger partial charge on any atom is -0.595 e. The summed E-state index contributed by atoms with van der Waals surface area (Å²) in [5, 5.41) is 38.5. The lowest BCUT2D eigenvalue weighted by Gasteiger charge is -2.41. The second-order valence-corrected chi connectivity index (χ2v) is 10.9. The van der Waals surface area contributed by atoms with Gasteiger partial charge in [0.1, 0.15) is 12.2 Å². The fourth-order valence-corrected chi connectivity index (χ4v) is 5.94. The Bertz CT molecular complexity index is 1210. The highest BCUT2D eigenvalue weighted by molar-refractivity contribution is 5.92. The van der Waals surface area contributed by atoms with Crippen molar-refractivity contribution in [1.29, 1.82) is 0 Å². The highest BCUT2D eigenvalue weighted by Crippen LogP contribution is 2.55. The Labute approximate surface area is 223 Å². The predicted molar refractivity (Wildman–Crippen MR) is 130 cm³/mol. The average molecular weight is 543 g/mol. The van der Waals surface area contributed by atoms with E-state index in [1.165, 1.54) is 24.3 Å². The molecule has 0 radical (unpaired) electrons. The predicted octanol–water partition coefficient (Wildman–Crippen LogP) is -0.0162. The van der Waals surface area contributed by atoms with Crippen molar-refractivity contribution in [3.63, 3.8) is 0 Å². The first-order valence-corrected chi connectivity index (χ1v) is 12.7. The zero-order chi connectivity index (χ0) is 28.0. The van der Waals surface area contributed by atoms with Gasteiger partial charge in [-0.05, 0) is 38.8 Å². The van der Waals surface area contributed by atoms with E-state index in [9.17, 15) is 20.0 Å². The number of hydrogen-bond acceptors (Lipinski definition) is 9. The van der Waals surface area contributed by atoms with Gasteiger partial charge in [-0.3, -0.25) is 9.59 Å². The van der Waals surface area contributed by atoms with E-state index in [2.05, 4.69) is 0 Å². The number of carbonyl (C=O) groups is 2. The van der Waals surface area contributed by atoms with Gasteiger partial charge in [0.15, 0.2) is 35.0 Å². The van der Waals surface area contributed by atoms with E-state index in [-0.39, 0.29) is 23.2 Å². The Morgan fingerprint density at radius 1 is 0.744 bits per heavy atom. The zero-order valence-electron chi connectivity index (χ0n) is 21.7. The number of ether oxygens (including phenoxy) is 3. The van der Waals surface area contributed by atoms with Crippen LogP contribution in [0.15, 0.2) is 48.5 Å². The Balaban J connectivity index is 1.15. The van der Waals surface area contributed by atoms with Crippen LogP contribution in [0, 0.1) is 10.4 Å². The van der Waals surface area contributed by atoms with Crippen molar-refractivity contribution < 1.29 is 44.7 Å². The van der Waals surface area contributed by atoms with Crippen LogP contribution in [0.4, 0.5) is 11.4 Å². The van der Waals surface area contributed by atoms with Crippen molar-refractivity contribution in [2.24, 2.45) is 0 Å². The SMILES string of the molecule is CC1C2OC(C(C)N2C(=O)C2(C)OC2c2ccc([NH+]([O-])O)cc2)N1C(=O)C1(C)OC1c1ccc([NH+]([O-])O)cc1. The van der Waals surface area contributed by atoms with E-state index >= 15 is 0 Å². The molecular formula is C26H30N4O9. The van der Waals surface area contributed by atoms with Crippen molar-refractivity contribution in [1.82, 2.24) is 9.80 Å². The van der Waals surface area contributed by atoms with Crippen LogP contribution in [0.25, 0.3) is 0 Å². The van der Waals surface area contributed by atoms with Crippen LogP contribution in [0.1, 0.15) is 51.0 Å². The van der Waals surface area contributed by atoms with Crippen LogP contribution in [0.2, 0.25) is 0 Å². The Kier molecular flexibility index (Phi) is 5.90. The third-order valence-corrected chi connectivity index (χ3v) is 8.38. The number of quaternary nitrogens is 2. The molecule has 39 heavy (non-hydrogen) atoms. The molecule has 0 aliphatic carbocycles. The highest BCUT2D eigenvalue weighted by atomic mass is 16.8. The molecule has 4 heterocycles. The Hall–Kier alpha value is -2.98. The van der Waals surface area contributed by atoms with E-state index in [4.69, 9.17) is 24.6 Å². The second-order valence-electron chi connectivity index (χ2n) is 10.9. The summed E-state index contributed by atoms with van der Waals surface area (Å²) in [6, 6.07) is 11.6. The van der Waals surface area contributed by atoms with E-state index in [0.29, 0.717) is 11.1 Å². The largest absolute Gasteiger partial charge is 0.595 e. The lowest BCUT2D eigenvalue weighted by molar-refractivity contribution is -0.991. The molecule has 4 fully saturated rings. The molecule has 0 saturated carbocycles. The van der Waals surface area contributed by atoms with Crippen molar-refractivity contribution in [2.45, 2.75) is 75.6 Å². The molecule has 6 rings (SSSR count). The first kappa shape index (κ1) is 26.3. The summed E-state index contributed by atoms with van der Waals surface area (Å²) >= 11 is 0. The van der Waals surface area contributed by atoms with E-state index < -0.39 is 58.4 Å². The molecule has 10 atom stereocenters. The Morgan fingerprint density at radius 3 is 1.38 bits per heavy atom. The molecular weight excluding hydrogens is 512 g/mol. The van der Waals surface area contributed by atoms with E-state index in [1.807, 2.05) is 13.8 Å². The first-order chi connectivity index (χ1) is 18.4. The summed E-state index contributed by atoms with van der Waals surface area (Å²) in [6.45, 7) is 7.07. The van der Waals surface area contributed by atoms with Crippen molar-refractivity contribution >= 4 is 23.2 Å². The van der Waals surface area contributed by atoms with Crippen LogP contribution in [0.3, 0.4) is 0 Å². The Morgan fingerprint density at radius 2 is 1.08 bits per heavy atom. The summed E-state index contributed by atoms with van der Waals surface area (Å²) in [5.74, 6) is -0.502. The smallest absolute Gasteiger partial charge is 0.260 e. The summed E-state index contributed by atoms with van der Waals surface area (Å²) in [5.41, 5.74) is -0.532. The van der Waals surface area contributed by atoms with Gasteiger partial charge in [-0.2, -0.15) is 10.5 Å². The molecule has 0 spiro atoms. The average Bonchev–Trinajstić information content (AvgIpc) is 3.73. The molecule has 10 unspecified atom stereocenters. The highest BCUT2D eigenvalue weighted by Gasteiger charge is 2.69. The fourth-order valence-electron chi connectivity index (χ4n) is 5.94. The molecule has 2 aromatic carbocycles. The van der Waals surface area contributed by atoms with Crippen LogP contribution in [0.5, 0.6) is 0 Å². The molecule has 0 aromatic heterocycles. The molecule has 208 valence electrons. The van der Waals surface area contributed by atoms with Crippen molar-refractivity contribution in [3.8, 4) is 0 Å². The number of nitrogens with zero attached hydrogens (tertiary/aromatic N) is 2. The van der Waals surface area contributed by atoms with Gasteiger partial charge < -0.3 is 34.4 Å². The van der Waals surface area contributed by atoms with Gasteiger partial charge in [0.25, 0.3) is 11.8 Å². The quantitative estimate of drug-likeness (QED) is 0.289. The molecule has 2 amide bonds. The van der Waals surface area contributed by atoms with Gasteiger partial charge in [-0.15, -0.1) is 0 Å². The number of rotatable bonds is 6. The normalized spacial score (nSPS) is 38.1. The molecule has 4 N–H and O–H groups in total. The van der Waals surface area contributed by atoms with Gasteiger partial charge in [-0.25, -0.2) is 10.4 Å². The molecule has 4 aliphatic rings. The van der Waals surface area contributed by atoms with Crippen molar-refractivity contribution in [3.05, 3.63) is 70.1 Å². The molecule has 4 aliphatic heterocycles. The van der Waals surface area contributed by atoms with Gasteiger partial charge in [0.2, 0.25) is 0 Å². The van der Waals surface area contributed by atoms with Gasteiger partial charge in [-0.1, -0.05) is 24.3 Å². The summed E-state index contributed by atoms with van der Waals surface area (Å²) < 4.78 is 17.8. The van der Waals surface area contributed by atoms with Crippen LogP contribution in [-0.4, -0.2) is 67.8 Å². The number of benzene rings is 2. The number of fused-ring (bicyclic) bond motifs is 2. The number of carbonyl (C=O) groups excluding carboxylic acids is 2. The number of epoxide rings is 2. The minimum atomic E-state index is -1.12. The molecule has 2 aromatic rings. The minimum absolute atomic E-state index is 0.151. The van der Waals surface area contributed by atoms with Gasteiger partial charge in [0.05, 0.1) is 12.1 Å². The fraction of sp³-hybridized carbons (Fsp3) is 0.462.